The number of carbonyl (C=O) groups excluding carboxylic acids is 2. The molecule has 0 unspecified atom stereocenters. The maximum atomic E-state index is 13.4. The Bertz CT molecular complexity index is 1220. The standard InChI is InChI=1S/C28H31N5O4/c1-19(2)26(28(35)31-29-18-20-15-16-23(32(3)4)24(17-20)33(36)37)30-27(34)25(21-11-7-5-8-12-21)22-13-9-6-10-14-22/h5-19,25-26H,1-4H3,(H,30,34)(H,31,35)/b29-18-/t26-/m0/s1. The fraction of sp³-hybridized carbons (Fsp3) is 0.250. The Kier molecular flexibility index (Phi) is 9.10. The van der Waals surface area contributed by atoms with Gasteiger partial charge in [0.25, 0.3) is 11.6 Å². The van der Waals surface area contributed by atoms with E-state index in [2.05, 4.69) is 15.8 Å². The molecule has 0 saturated carbocycles. The fourth-order valence-corrected chi connectivity index (χ4v) is 3.94. The number of hydrogen-bond acceptors (Lipinski definition) is 6. The van der Waals surface area contributed by atoms with E-state index >= 15 is 0 Å². The van der Waals surface area contributed by atoms with Crippen molar-refractivity contribution in [2.75, 3.05) is 19.0 Å². The van der Waals surface area contributed by atoms with E-state index in [-0.39, 0.29) is 17.5 Å². The number of rotatable bonds is 10. The number of amides is 2. The zero-order chi connectivity index (χ0) is 26.9. The van der Waals surface area contributed by atoms with Gasteiger partial charge in [-0.2, -0.15) is 5.10 Å². The average Bonchev–Trinajstić information content (AvgIpc) is 2.88. The lowest BCUT2D eigenvalue weighted by molar-refractivity contribution is -0.384. The Morgan fingerprint density at radius 1 is 0.919 bits per heavy atom. The van der Waals surface area contributed by atoms with Gasteiger partial charge in [-0.1, -0.05) is 80.6 Å². The van der Waals surface area contributed by atoms with E-state index in [1.54, 1.807) is 31.1 Å². The molecular weight excluding hydrogens is 470 g/mol. The van der Waals surface area contributed by atoms with Crippen LogP contribution in [0.15, 0.2) is 84.0 Å². The Labute approximate surface area is 216 Å². The molecule has 0 aliphatic carbocycles. The first kappa shape index (κ1) is 27.1. The van der Waals surface area contributed by atoms with E-state index in [9.17, 15) is 19.7 Å². The summed E-state index contributed by atoms with van der Waals surface area (Å²) in [6, 6.07) is 22.6. The Hall–Kier alpha value is -4.53. The van der Waals surface area contributed by atoms with Crippen LogP contribution in [0, 0.1) is 16.0 Å². The molecule has 0 bridgehead atoms. The average molecular weight is 502 g/mol. The normalized spacial score (nSPS) is 11.9. The lowest BCUT2D eigenvalue weighted by Gasteiger charge is -2.24. The Morgan fingerprint density at radius 2 is 1.49 bits per heavy atom. The van der Waals surface area contributed by atoms with E-state index in [4.69, 9.17) is 0 Å². The van der Waals surface area contributed by atoms with E-state index in [1.807, 2.05) is 74.5 Å². The number of hydrogen-bond donors (Lipinski definition) is 2. The molecule has 0 aliphatic heterocycles. The second-order valence-corrected chi connectivity index (χ2v) is 9.12. The highest BCUT2D eigenvalue weighted by molar-refractivity contribution is 5.93. The van der Waals surface area contributed by atoms with Crippen molar-refractivity contribution in [1.82, 2.24) is 10.7 Å². The minimum atomic E-state index is -0.843. The van der Waals surface area contributed by atoms with E-state index in [1.165, 1.54) is 12.3 Å². The van der Waals surface area contributed by atoms with Gasteiger partial charge in [-0.15, -0.1) is 0 Å². The smallest absolute Gasteiger partial charge is 0.293 e. The molecule has 9 heteroatoms. The molecule has 0 fully saturated rings. The molecule has 3 aromatic carbocycles. The number of benzene rings is 3. The SMILES string of the molecule is CC(C)[C@H](NC(=O)C(c1ccccc1)c1ccccc1)C(=O)N/N=C\c1ccc(N(C)C)c([N+](=O)[O-])c1. The van der Waals surface area contributed by atoms with Crippen molar-refractivity contribution in [3.8, 4) is 0 Å². The van der Waals surface area contributed by atoms with Crippen LogP contribution in [-0.2, 0) is 9.59 Å². The molecule has 0 aromatic heterocycles. The Balaban J connectivity index is 1.76. The number of nitrogens with zero attached hydrogens (tertiary/aromatic N) is 3. The van der Waals surface area contributed by atoms with E-state index in [0.29, 0.717) is 11.3 Å². The van der Waals surface area contributed by atoms with Crippen LogP contribution < -0.4 is 15.6 Å². The number of hydrazone groups is 1. The van der Waals surface area contributed by atoms with Crippen molar-refractivity contribution < 1.29 is 14.5 Å². The molecule has 2 amide bonds. The summed E-state index contributed by atoms with van der Waals surface area (Å²) in [5.41, 5.74) is 4.93. The maximum Gasteiger partial charge on any atom is 0.293 e. The van der Waals surface area contributed by atoms with Crippen LogP contribution in [0.2, 0.25) is 0 Å². The summed E-state index contributed by atoms with van der Waals surface area (Å²) in [5, 5.41) is 18.3. The van der Waals surface area contributed by atoms with Crippen LogP contribution in [0.5, 0.6) is 0 Å². The summed E-state index contributed by atoms with van der Waals surface area (Å²) < 4.78 is 0. The lowest BCUT2D eigenvalue weighted by atomic mass is 9.89. The molecule has 37 heavy (non-hydrogen) atoms. The van der Waals surface area contributed by atoms with Gasteiger partial charge in [0.05, 0.1) is 17.1 Å². The molecule has 0 heterocycles. The summed E-state index contributed by atoms with van der Waals surface area (Å²) in [6.45, 7) is 3.66. The van der Waals surface area contributed by atoms with Crippen LogP contribution in [0.4, 0.5) is 11.4 Å². The number of nitro groups is 1. The predicted molar refractivity (Wildman–Crippen MR) is 145 cm³/mol. The third-order valence-electron chi connectivity index (χ3n) is 5.84. The highest BCUT2D eigenvalue weighted by Gasteiger charge is 2.29. The predicted octanol–water partition coefficient (Wildman–Crippen LogP) is 4.08. The molecule has 0 saturated heterocycles. The molecule has 0 aliphatic rings. The molecule has 9 nitrogen and oxygen atoms in total. The minimum Gasteiger partial charge on any atom is -0.372 e. The minimum absolute atomic E-state index is 0.0690. The lowest BCUT2D eigenvalue weighted by Crippen LogP contribution is -2.50. The summed E-state index contributed by atoms with van der Waals surface area (Å²) >= 11 is 0. The zero-order valence-corrected chi connectivity index (χ0v) is 21.3. The first-order valence-electron chi connectivity index (χ1n) is 11.9. The van der Waals surface area contributed by atoms with Gasteiger partial charge < -0.3 is 10.2 Å². The highest BCUT2D eigenvalue weighted by atomic mass is 16.6. The van der Waals surface area contributed by atoms with Crippen molar-refractivity contribution in [1.29, 1.82) is 0 Å². The first-order chi connectivity index (χ1) is 17.7. The molecule has 2 N–H and O–H groups in total. The maximum absolute atomic E-state index is 13.4. The number of carbonyl (C=O) groups is 2. The highest BCUT2D eigenvalue weighted by Crippen LogP contribution is 2.27. The van der Waals surface area contributed by atoms with E-state index in [0.717, 1.165) is 11.1 Å². The molecule has 3 aromatic rings. The number of nitro benzene ring substituents is 1. The second kappa shape index (κ2) is 12.4. The van der Waals surface area contributed by atoms with E-state index < -0.39 is 22.8 Å². The first-order valence-corrected chi connectivity index (χ1v) is 11.9. The van der Waals surface area contributed by atoms with Gasteiger partial charge in [0.2, 0.25) is 5.91 Å². The fourth-order valence-electron chi connectivity index (χ4n) is 3.94. The number of anilines is 1. The summed E-state index contributed by atoms with van der Waals surface area (Å²) in [7, 11) is 3.44. The van der Waals surface area contributed by atoms with Crippen LogP contribution in [0.3, 0.4) is 0 Å². The third-order valence-corrected chi connectivity index (χ3v) is 5.84. The molecule has 0 radical (unpaired) electrons. The van der Waals surface area contributed by atoms with Gasteiger partial charge in [0, 0.05) is 25.7 Å². The van der Waals surface area contributed by atoms with Gasteiger partial charge in [0.15, 0.2) is 0 Å². The van der Waals surface area contributed by atoms with Crippen LogP contribution in [-0.4, -0.2) is 43.1 Å². The monoisotopic (exact) mass is 501 g/mol. The summed E-state index contributed by atoms with van der Waals surface area (Å²) in [6.07, 6.45) is 1.33. The molecule has 1 atom stereocenters. The second-order valence-electron chi connectivity index (χ2n) is 9.12. The molecule has 3 rings (SSSR count). The van der Waals surface area contributed by atoms with Crippen molar-refractivity contribution in [3.63, 3.8) is 0 Å². The van der Waals surface area contributed by atoms with Crippen molar-refractivity contribution >= 4 is 29.4 Å². The zero-order valence-electron chi connectivity index (χ0n) is 21.3. The van der Waals surface area contributed by atoms with Crippen molar-refractivity contribution in [2.45, 2.75) is 25.8 Å². The van der Waals surface area contributed by atoms with Gasteiger partial charge in [-0.05, 0) is 23.1 Å². The Morgan fingerprint density at radius 3 is 1.97 bits per heavy atom. The van der Waals surface area contributed by atoms with Crippen LogP contribution in [0.25, 0.3) is 0 Å². The number of nitrogens with one attached hydrogen (secondary N) is 2. The van der Waals surface area contributed by atoms with Crippen molar-refractivity contribution in [2.24, 2.45) is 11.0 Å². The van der Waals surface area contributed by atoms with Gasteiger partial charge >= 0.3 is 0 Å². The van der Waals surface area contributed by atoms with Gasteiger partial charge in [-0.25, -0.2) is 5.43 Å². The molecule has 192 valence electrons. The summed E-state index contributed by atoms with van der Waals surface area (Å²) in [5.74, 6) is -1.59. The van der Waals surface area contributed by atoms with Crippen LogP contribution in [0.1, 0.15) is 36.5 Å². The summed E-state index contributed by atoms with van der Waals surface area (Å²) in [4.78, 5) is 39.0. The topological polar surface area (TPSA) is 117 Å². The quantitative estimate of drug-likeness (QED) is 0.247. The van der Waals surface area contributed by atoms with Gasteiger partial charge in [0.1, 0.15) is 11.7 Å². The molecular formula is C28H31N5O4. The third kappa shape index (κ3) is 7.00. The van der Waals surface area contributed by atoms with Crippen molar-refractivity contribution in [3.05, 3.63) is 106 Å². The van der Waals surface area contributed by atoms with Crippen LogP contribution >= 0.6 is 0 Å². The molecule has 0 spiro atoms. The van der Waals surface area contributed by atoms with Gasteiger partial charge in [-0.3, -0.25) is 19.7 Å². The largest absolute Gasteiger partial charge is 0.372 e.